The molecule has 0 N–H and O–H groups in total. The molecule has 31 heavy (non-hydrogen) atoms. The molecule has 0 rings (SSSR count). The molecule has 0 spiro atoms. The van der Waals surface area contributed by atoms with Crippen molar-refractivity contribution in [3.8, 4) is 0 Å². The van der Waals surface area contributed by atoms with Gasteiger partial charge in [0.1, 0.15) is 0 Å². The predicted octanol–water partition coefficient (Wildman–Crippen LogP) is 12.1. The van der Waals surface area contributed by atoms with Crippen LogP contribution in [0, 0.1) is 11.8 Å². The summed E-state index contributed by atoms with van der Waals surface area (Å²) in [5.74, 6) is 1.91. The van der Waals surface area contributed by atoms with Gasteiger partial charge in [0, 0.05) is 0 Å². The van der Waals surface area contributed by atoms with E-state index in [-0.39, 0.29) is 0 Å². The van der Waals surface area contributed by atoms with E-state index in [9.17, 15) is 0 Å². The summed E-state index contributed by atoms with van der Waals surface area (Å²) in [4.78, 5) is 0. The molecule has 0 saturated carbocycles. The maximum absolute atomic E-state index is 2.50. The van der Waals surface area contributed by atoms with Crippen molar-refractivity contribution in [2.45, 2.75) is 188 Å². The molecule has 0 aromatic heterocycles. The SMILES string of the molecule is CCCCCCCCCCCCCCCC(C)CCC(C)CCCCCCCCCC. The maximum atomic E-state index is 2.50. The lowest BCUT2D eigenvalue weighted by Crippen LogP contribution is -2.01. The molecule has 0 saturated heterocycles. The molecule has 0 fully saturated rings. The van der Waals surface area contributed by atoms with Crippen LogP contribution in [0.15, 0.2) is 0 Å². The Hall–Kier alpha value is 0. The second-order valence-electron chi connectivity index (χ2n) is 11.1. The Labute approximate surface area is 200 Å². The molecule has 0 aromatic rings. The molecule has 2 unspecified atom stereocenters. The van der Waals surface area contributed by atoms with Gasteiger partial charge >= 0.3 is 0 Å². The summed E-state index contributed by atoms with van der Waals surface area (Å²) in [5.41, 5.74) is 0. The smallest absolute Gasteiger partial charge is 0.0443 e. The van der Waals surface area contributed by atoms with E-state index >= 15 is 0 Å². The number of unbranched alkanes of at least 4 members (excludes halogenated alkanes) is 19. The average molecular weight is 437 g/mol. The summed E-state index contributed by atoms with van der Waals surface area (Å²) in [6.07, 6.45) is 36.6. The quantitative estimate of drug-likeness (QED) is 0.118. The zero-order valence-corrected chi connectivity index (χ0v) is 22.8. The van der Waals surface area contributed by atoms with Crippen molar-refractivity contribution in [2.75, 3.05) is 0 Å². The van der Waals surface area contributed by atoms with Crippen molar-refractivity contribution < 1.29 is 0 Å². The Bertz CT molecular complexity index is 307. The van der Waals surface area contributed by atoms with Crippen LogP contribution in [0.4, 0.5) is 0 Å². The van der Waals surface area contributed by atoms with Crippen LogP contribution in [0.1, 0.15) is 188 Å². The van der Waals surface area contributed by atoms with E-state index in [1.54, 1.807) is 0 Å². The number of hydrogen-bond donors (Lipinski definition) is 0. The van der Waals surface area contributed by atoms with Crippen molar-refractivity contribution in [2.24, 2.45) is 11.8 Å². The fraction of sp³-hybridized carbons (Fsp3) is 1.00. The normalized spacial score (nSPS) is 13.5. The minimum Gasteiger partial charge on any atom is -0.0654 e. The van der Waals surface area contributed by atoms with Crippen molar-refractivity contribution in [1.29, 1.82) is 0 Å². The van der Waals surface area contributed by atoms with Crippen molar-refractivity contribution >= 4 is 0 Å². The van der Waals surface area contributed by atoms with Gasteiger partial charge in [0.05, 0.1) is 0 Å². The number of rotatable bonds is 26. The van der Waals surface area contributed by atoms with Gasteiger partial charge in [-0.15, -0.1) is 0 Å². The molecule has 0 aliphatic heterocycles. The third kappa shape index (κ3) is 26.1. The Morgan fingerprint density at radius 1 is 0.290 bits per heavy atom. The lowest BCUT2D eigenvalue weighted by atomic mass is 9.91. The van der Waals surface area contributed by atoms with Crippen LogP contribution >= 0.6 is 0 Å². The lowest BCUT2D eigenvalue weighted by molar-refractivity contribution is 0.376. The zero-order valence-electron chi connectivity index (χ0n) is 22.8. The van der Waals surface area contributed by atoms with Crippen molar-refractivity contribution in [3.05, 3.63) is 0 Å². The van der Waals surface area contributed by atoms with Gasteiger partial charge in [0.15, 0.2) is 0 Å². The molecule has 0 heteroatoms. The third-order valence-corrected chi connectivity index (χ3v) is 7.50. The topological polar surface area (TPSA) is 0 Å². The van der Waals surface area contributed by atoms with Crippen LogP contribution in [0.25, 0.3) is 0 Å². The highest BCUT2D eigenvalue weighted by atomic mass is 14.1. The van der Waals surface area contributed by atoms with Crippen molar-refractivity contribution in [3.63, 3.8) is 0 Å². The van der Waals surface area contributed by atoms with E-state index in [2.05, 4.69) is 27.7 Å². The third-order valence-electron chi connectivity index (χ3n) is 7.50. The van der Waals surface area contributed by atoms with Gasteiger partial charge in [-0.05, 0) is 11.8 Å². The summed E-state index contributed by atoms with van der Waals surface area (Å²) >= 11 is 0. The Morgan fingerprint density at radius 3 is 0.774 bits per heavy atom. The standard InChI is InChI=1S/C31H64/c1-5-7-9-11-13-15-16-17-18-19-21-23-25-27-31(4)29-28-30(3)26-24-22-20-14-12-10-8-6-2/h30-31H,5-29H2,1-4H3. The van der Waals surface area contributed by atoms with E-state index in [1.807, 2.05) is 0 Å². The molecule has 0 aliphatic carbocycles. The first-order valence-electron chi connectivity index (χ1n) is 15.2. The van der Waals surface area contributed by atoms with E-state index < -0.39 is 0 Å². The first-order chi connectivity index (χ1) is 15.2. The van der Waals surface area contributed by atoms with Crippen LogP contribution < -0.4 is 0 Å². The van der Waals surface area contributed by atoms with E-state index in [0.29, 0.717) is 0 Å². The lowest BCUT2D eigenvalue weighted by Gasteiger charge is -2.15. The number of hydrogen-bond acceptors (Lipinski definition) is 0. The van der Waals surface area contributed by atoms with Gasteiger partial charge < -0.3 is 0 Å². The van der Waals surface area contributed by atoms with E-state index in [1.165, 1.54) is 161 Å². The fourth-order valence-corrected chi connectivity index (χ4v) is 4.99. The highest BCUT2D eigenvalue weighted by Gasteiger charge is 2.07. The second-order valence-corrected chi connectivity index (χ2v) is 11.1. The first kappa shape index (κ1) is 31.0. The Kier molecular flexibility index (Phi) is 26.3. The van der Waals surface area contributed by atoms with Crippen LogP contribution in [0.3, 0.4) is 0 Å². The fourth-order valence-electron chi connectivity index (χ4n) is 4.99. The monoisotopic (exact) mass is 437 g/mol. The molecule has 0 aromatic carbocycles. The van der Waals surface area contributed by atoms with Gasteiger partial charge in [-0.1, -0.05) is 188 Å². The first-order valence-corrected chi connectivity index (χ1v) is 15.2. The summed E-state index contributed by atoms with van der Waals surface area (Å²) in [7, 11) is 0. The predicted molar refractivity (Wildman–Crippen MR) is 145 cm³/mol. The molecule has 0 amide bonds. The molecular weight excluding hydrogens is 372 g/mol. The van der Waals surface area contributed by atoms with Gasteiger partial charge in [-0.3, -0.25) is 0 Å². The Balaban J connectivity index is 3.27. The largest absolute Gasteiger partial charge is 0.0654 e. The van der Waals surface area contributed by atoms with Gasteiger partial charge in [0.2, 0.25) is 0 Å². The van der Waals surface area contributed by atoms with Crippen LogP contribution in [-0.2, 0) is 0 Å². The van der Waals surface area contributed by atoms with E-state index in [0.717, 1.165) is 11.8 Å². The molecule has 0 bridgehead atoms. The minimum absolute atomic E-state index is 0.953. The molecule has 0 radical (unpaired) electrons. The van der Waals surface area contributed by atoms with Gasteiger partial charge in [-0.2, -0.15) is 0 Å². The highest BCUT2D eigenvalue weighted by Crippen LogP contribution is 2.22. The van der Waals surface area contributed by atoms with Crippen LogP contribution in [-0.4, -0.2) is 0 Å². The molecule has 0 nitrogen and oxygen atoms in total. The van der Waals surface area contributed by atoms with Gasteiger partial charge in [-0.25, -0.2) is 0 Å². The summed E-state index contributed by atoms with van der Waals surface area (Å²) in [5, 5.41) is 0. The van der Waals surface area contributed by atoms with Crippen LogP contribution in [0.5, 0.6) is 0 Å². The summed E-state index contributed by atoms with van der Waals surface area (Å²) in [6.45, 7) is 9.62. The molecule has 0 aliphatic rings. The molecule has 2 atom stereocenters. The van der Waals surface area contributed by atoms with E-state index in [4.69, 9.17) is 0 Å². The molecule has 188 valence electrons. The molecule has 0 heterocycles. The highest BCUT2D eigenvalue weighted by molar-refractivity contribution is 4.60. The van der Waals surface area contributed by atoms with Crippen LogP contribution in [0.2, 0.25) is 0 Å². The Morgan fingerprint density at radius 2 is 0.516 bits per heavy atom. The second kappa shape index (κ2) is 26.3. The maximum Gasteiger partial charge on any atom is -0.0443 e. The van der Waals surface area contributed by atoms with Gasteiger partial charge in [0.25, 0.3) is 0 Å². The molecular formula is C31H64. The minimum atomic E-state index is 0.953. The average Bonchev–Trinajstić information content (AvgIpc) is 2.77. The zero-order chi connectivity index (χ0) is 22.8. The summed E-state index contributed by atoms with van der Waals surface area (Å²) < 4.78 is 0. The van der Waals surface area contributed by atoms with Crippen molar-refractivity contribution in [1.82, 2.24) is 0 Å². The summed E-state index contributed by atoms with van der Waals surface area (Å²) in [6, 6.07) is 0.